The summed E-state index contributed by atoms with van der Waals surface area (Å²) in [5.74, 6) is 0.785. The van der Waals surface area contributed by atoms with Gasteiger partial charge < -0.3 is 15.0 Å². The summed E-state index contributed by atoms with van der Waals surface area (Å²) < 4.78 is 5.80. The Kier molecular flexibility index (Phi) is 7.54. The molecular weight excluding hydrogens is 398 g/mol. The van der Waals surface area contributed by atoms with Crippen LogP contribution in [0.25, 0.3) is 0 Å². The van der Waals surface area contributed by atoms with Crippen LogP contribution in [0.3, 0.4) is 0 Å². The summed E-state index contributed by atoms with van der Waals surface area (Å²) in [7, 11) is 2.16. The second kappa shape index (κ2) is 10.9. The highest BCUT2D eigenvalue weighted by molar-refractivity contribution is 5.94. The molecular formula is C27H31N3O2. The highest BCUT2D eigenvalue weighted by Gasteiger charge is 2.21. The molecule has 4 rings (SSSR count). The largest absolute Gasteiger partial charge is 0.489 e. The van der Waals surface area contributed by atoms with E-state index in [1.165, 1.54) is 0 Å². The fraction of sp³-hybridized carbons (Fsp3) is 0.296. The number of carbonyl (C=O) groups excluding carboxylic acids is 1. The summed E-state index contributed by atoms with van der Waals surface area (Å²) in [6, 6.07) is 27.6. The van der Waals surface area contributed by atoms with Gasteiger partial charge in [0, 0.05) is 38.3 Å². The predicted molar refractivity (Wildman–Crippen MR) is 128 cm³/mol. The van der Waals surface area contributed by atoms with Crippen LogP contribution in [0.1, 0.15) is 27.5 Å². The summed E-state index contributed by atoms with van der Waals surface area (Å²) in [5, 5.41) is 3.26. The fourth-order valence-corrected chi connectivity index (χ4v) is 3.89. The standard InChI is InChI=1S/C27H31N3O2/c1-29-16-18-30(19-17-29)20-26(23-8-4-2-5-9-23)28-27(31)24-14-12-22(13-15-24)21-32-25-10-6-3-7-11-25/h2-15,26H,16-21H2,1H3,(H,28,31). The van der Waals surface area contributed by atoms with Gasteiger partial charge in [-0.15, -0.1) is 0 Å². The van der Waals surface area contributed by atoms with Gasteiger partial charge in [-0.25, -0.2) is 0 Å². The van der Waals surface area contributed by atoms with Crippen molar-refractivity contribution in [1.29, 1.82) is 0 Å². The van der Waals surface area contributed by atoms with E-state index in [2.05, 4.69) is 34.3 Å². The maximum absolute atomic E-state index is 13.0. The summed E-state index contributed by atoms with van der Waals surface area (Å²) in [6.45, 7) is 5.44. The number of rotatable bonds is 8. The molecule has 3 aromatic carbocycles. The first-order chi connectivity index (χ1) is 15.7. The molecule has 1 aliphatic heterocycles. The van der Waals surface area contributed by atoms with E-state index < -0.39 is 0 Å². The highest BCUT2D eigenvalue weighted by Crippen LogP contribution is 2.17. The molecule has 0 radical (unpaired) electrons. The Morgan fingerprint density at radius 3 is 2.16 bits per heavy atom. The maximum Gasteiger partial charge on any atom is 0.251 e. The van der Waals surface area contributed by atoms with Gasteiger partial charge in [0.25, 0.3) is 5.91 Å². The van der Waals surface area contributed by atoms with Gasteiger partial charge in [-0.3, -0.25) is 9.69 Å². The van der Waals surface area contributed by atoms with Crippen LogP contribution in [0.4, 0.5) is 0 Å². The van der Waals surface area contributed by atoms with Gasteiger partial charge in [0.2, 0.25) is 0 Å². The second-order valence-electron chi connectivity index (χ2n) is 8.34. The van der Waals surface area contributed by atoms with E-state index in [0.29, 0.717) is 12.2 Å². The minimum atomic E-state index is -0.0523. The van der Waals surface area contributed by atoms with Crippen LogP contribution >= 0.6 is 0 Å². The molecule has 5 heteroatoms. The van der Waals surface area contributed by atoms with Crippen molar-refractivity contribution in [3.63, 3.8) is 0 Å². The first-order valence-electron chi connectivity index (χ1n) is 11.2. The highest BCUT2D eigenvalue weighted by atomic mass is 16.5. The van der Waals surface area contributed by atoms with Crippen LogP contribution in [-0.4, -0.2) is 55.5 Å². The zero-order valence-corrected chi connectivity index (χ0v) is 18.6. The van der Waals surface area contributed by atoms with Crippen molar-refractivity contribution >= 4 is 5.91 Å². The first-order valence-corrected chi connectivity index (χ1v) is 11.2. The Balaban J connectivity index is 1.38. The zero-order chi connectivity index (χ0) is 22.2. The van der Waals surface area contributed by atoms with Crippen molar-refractivity contribution in [3.8, 4) is 5.75 Å². The van der Waals surface area contributed by atoms with E-state index >= 15 is 0 Å². The lowest BCUT2D eigenvalue weighted by atomic mass is 10.0. The molecule has 1 fully saturated rings. The van der Waals surface area contributed by atoms with Crippen molar-refractivity contribution in [2.24, 2.45) is 0 Å². The first kappa shape index (κ1) is 22.1. The van der Waals surface area contributed by atoms with Crippen molar-refractivity contribution in [1.82, 2.24) is 15.1 Å². The third-order valence-electron chi connectivity index (χ3n) is 5.91. The van der Waals surface area contributed by atoms with Gasteiger partial charge in [0.1, 0.15) is 12.4 Å². The van der Waals surface area contributed by atoms with Crippen LogP contribution in [0, 0.1) is 0 Å². The molecule has 0 aromatic heterocycles. The smallest absolute Gasteiger partial charge is 0.251 e. The number of nitrogens with one attached hydrogen (secondary N) is 1. The molecule has 5 nitrogen and oxygen atoms in total. The Morgan fingerprint density at radius 2 is 1.50 bits per heavy atom. The molecule has 0 saturated carbocycles. The SMILES string of the molecule is CN1CCN(CC(NC(=O)c2ccc(COc3ccccc3)cc2)c2ccccc2)CC1. The average molecular weight is 430 g/mol. The van der Waals surface area contributed by atoms with Crippen LogP contribution in [0.5, 0.6) is 5.75 Å². The third kappa shape index (κ3) is 6.19. The van der Waals surface area contributed by atoms with Gasteiger partial charge in [0.15, 0.2) is 0 Å². The van der Waals surface area contributed by atoms with E-state index in [0.717, 1.165) is 49.6 Å². The Hall–Kier alpha value is -3.15. The normalized spacial score (nSPS) is 15.8. The van der Waals surface area contributed by atoms with Crippen molar-refractivity contribution in [2.45, 2.75) is 12.6 Å². The number of likely N-dealkylation sites (N-methyl/N-ethyl adjacent to an activating group) is 1. The topological polar surface area (TPSA) is 44.8 Å². The van der Waals surface area contributed by atoms with Gasteiger partial charge in [-0.2, -0.15) is 0 Å². The zero-order valence-electron chi connectivity index (χ0n) is 18.6. The molecule has 1 heterocycles. The number of piperazine rings is 1. The number of carbonyl (C=O) groups is 1. The molecule has 0 aliphatic carbocycles. The molecule has 1 N–H and O–H groups in total. The number of hydrogen-bond acceptors (Lipinski definition) is 4. The van der Waals surface area contributed by atoms with Crippen LogP contribution in [0.15, 0.2) is 84.9 Å². The minimum absolute atomic E-state index is 0.0480. The Labute approximate surface area is 190 Å². The van der Waals surface area contributed by atoms with Crippen LogP contribution in [-0.2, 0) is 6.61 Å². The van der Waals surface area contributed by atoms with Crippen molar-refractivity contribution in [2.75, 3.05) is 39.8 Å². The molecule has 1 amide bonds. The summed E-state index contributed by atoms with van der Waals surface area (Å²) >= 11 is 0. The molecule has 0 spiro atoms. The number of nitrogens with zero attached hydrogens (tertiary/aromatic N) is 2. The molecule has 1 aliphatic rings. The molecule has 0 bridgehead atoms. The number of amides is 1. The van der Waals surface area contributed by atoms with E-state index in [1.807, 2.05) is 72.8 Å². The van der Waals surface area contributed by atoms with E-state index in [9.17, 15) is 4.79 Å². The van der Waals surface area contributed by atoms with E-state index in [-0.39, 0.29) is 11.9 Å². The molecule has 1 atom stereocenters. The average Bonchev–Trinajstić information content (AvgIpc) is 2.85. The van der Waals surface area contributed by atoms with Crippen molar-refractivity contribution < 1.29 is 9.53 Å². The Bertz CT molecular complexity index is 969. The van der Waals surface area contributed by atoms with Crippen molar-refractivity contribution in [3.05, 3.63) is 102 Å². The van der Waals surface area contributed by atoms with Gasteiger partial charge >= 0.3 is 0 Å². The van der Waals surface area contributed by atoms with Gasteiger partial charge in [-0.1, -0.05) is 60.7 Å². The monoisotopic (exact) mass is 429 g/mol. The van der Waals surface area contributed by atoms with Crippen LogP contribution < -0.4 is 10.1 Å². The number of para-hydroxylation sites is 1. The molecule has 32 heavy (non-hydrogen) atoms. The molecule has 1 unspecified atom stereocenters. The van der Waals surface area contributed by atoms with Gasteiger partial charge in [0.05, 0.1) is 6.04 Å². The lowest BCUT2D eigenvalue weighted by Crippen LogP contribution is -2.47. The van der Waals surface area contributed by atoms with E-state index in [4.69, 9.17) is 4.74 Å². The predicted octanol–water partition coefficient (Wildman–Crippen LogP) is 3.98. The lowest BCUT2D eigenvalue weighted by molar-refractivity contribution is 0.0907. The van der Waals surface area contributed by atoms with Crippen LogP contribution in [0.2, 0.25) is 0 Å². The quantitative estimate of drug-likeness (QED) is 0.588. The lowest BCUT2D eigenvalue weighted by Gasteiger charge is -2.35. The Morgan fingerprint density at radius 1 is 0.875 bits per heavy atom. The minimum Gasteiger partial charge on any atom is -0.489 e. The number of benzene rings is 3. The molecule has 166 valence electrons. The summed E-state index contributed by atoms with van der Waals surface area (Å²) in [4.78, 5) is 17.8. The number of hydrogen-bond donors (Lipinski definition) is 1. The summed E-state index contributed by atoms with van der Waals surface area (Å²) in [5.41, 5.74) is 2.82. The molecule has 1 saturated heterocycles. The maximum atomic E-state index is 13.0. The summed E-state index contributed by atoms with van der Waals surface area (Å²) in [6.07, 6.45) is 0. The molecule has 3 aromatic rings. The van der Waals surface area contributed by atoms with E-state index in [1.54, 1.807) is 0 Å². The van der Waals surface area contributed by atoms with Gasteiger partial charge in [-0.05, 0) is 42.4 Å². The second-order valence-corrected chi connectivity index (χ2v) is 8.34. The fourth-order valence-electron chi connectivity index (χ4n) is 3.89. The number of ether oxygens (including phenoxy) is 1. The third-order valence-corrected chi connectivity index (χ3v) is 5.91.